The van der Waals surface area contributed by atoms with Crippen LogP contribution in [0.3, 0.4) is 0 Å². The zero-order valence-electron chi connectivity index (χ0n) is 11.5. The van der Waals surface area contributed by atoms with Crippen molar-refractivity contribution in [3.63, 3.8) is 0 Å². The van der Waals surface area contributed by atoms with E-state index in [0.29, 0.717) is 23.2 Å². The topological polar surface area (TPSA) is 105 Å². The van der Waals surface area contributed by atoms with E-state index >= 15 is 0 Å². The van der Waals surface area contributed by atoms with E-state index in [1.165, 1.54) is 13.3 Å². The summed E-state index contributed by atoms with van der Waals surface area (Å²) in [5.74, 6) is 1.72. The van der Waals surface area contributed by atoms with Gasteiger partial charge in [0.25, 0.3) is 0 Å². The fourth-order valence-corrected chi connectivity index (χ4v) is 1.56. The smallest absolute Gasteiger partial charge is 0.319 e. The molecule has 0 saturated carbocycles. The maximum absolute atomic E-state index is 11.8. The van der Waals surface area contributed by atoms with Crippen LogP contribution < -0.4 is 15.4 Å². The number of amides is 2. The minimum Gasteiger partial charge on any atom is -0.481 e. The van der Waals surface area contributed by atoms with E-state index in [0.717, 1.165) is 0 Å². The third-order valence-corrected chi connectivity index (χ3v) is 2.55. The summed E-state index contributed by atoms with van der Waals surface area (Å²) in [6.07, 6.45) is 1.51. The Hall–Kier alpha value is -2.64. The maximum Gasteiger partial charge on any atom is 0.319 e. The molecular weight excluding hydrogens is 260 g/mol. The summed E-state index contributed by atoms with van der Waals surface area (Å²) in [7, 11) is 1.53. The van der Waals surface area contributed by atoms with Crippen LogP contribution in [0.15, 0.2) is 18.3 Å². The van der Waals surface area contributed by atoms with Gasteiger partial charge in [-0.25, -0.2) is 14.8 Å². The molecule has 2 heterocycles. The number of pyridine rings is 1. The SMILES string of the molecule is COc1ccc(NC(=O)N[C@H](C)c2n[nH]c(C)n2)cn1. The monoisotopic (exact) mass is 276 g/mol. The van der Waals surface area contributed by atoms with Crippen LogP contribution in [0.1, 0.15) is 24.6 Å². The van der Waals surface area contributed by atoms with Crippen LogP contribution in [0, 0.1) is 6.92 Å². The summed E-state index contributed by atoms with van der Waals surface area (Å²) in [6.45, 7) is 3.60. The molecule has 2 amide bonds. The molecule has 2 aromatic heterocycles. The number of aromatic nitrogens is 4. The van der Waals surface area contributed by atoms with Gasteiger partial charge in [-0.2, -0.15) is 5.10 Å². The van der Waals surface area contributed by atoms with E-state index in [2.05, 4.69) is 30.8 Å². The summed E-state index contributed by atoms with van der Waals surface area (Å²) in [6, 6.07) is 2.71. The van der Waals surface area contributed by atoms with Crippen molar-refractivity contribution in [2.45, 2.75) is 19.9 Å². The highest BCUT2D eigenvalue weighted by Crippen LogP contribution is 2.11. The third kappa shape index (κ3) is 3.44. The van der Waals surface area contributed by atoms with Crippen molar-refractivity contribution in [3.05, 3.63) is 30.0 Å². The van der Waals surface area contributed by atoms with Crippen LogP contribution in [0.5, 0.6) is 5.88 Å². The predicted molar refractivity (Wildman–Crippen MR) is 72.5 cm³/mol. The van der Waals surface area contributed by atoms with Gasteiger partial charge in [-0.05, 0) is 19.9 Å². The van der Waals surface area contributed by atoms with Gasteiger partial charge in [0.2, 0.25) is 5.88 Å². The average molecular weight is 276 g/mol. The van der Waals surface area contributed by atoms with Crippen molar-refractivity contribution >= 4 is 11.7 Å². The number of carbonyl (C=O) groups is 1. The van der Waals surface area contributed by atoms with Gasteiger partial charge in [0, 0.05) is 6.07 Å². The quantitative estimate of drug-likeness (QED) is 0.782. The number of hydrogen-bond donors (Lipinski definition) is 3. The lowest BCUT2D eigenvalue weighted by Gasteiger charge is -2.11. The number of ether oxygens (including phenoxy) is 1. The lowest BCUT2D eigenvalue weighted by Crippen LogP contribution is -2.31. The fourth-order valence-electron chi connectivity index (χ4n) is 1.56. The standard InChI is InChI=1S/C12H16N6O2/c1-7(11-15-8(2)17-18-11)14-12(19)16-9-4-5-10(20-3)13-6-9/h4-7H,1-3H3,(H2,14,16,19)(H,15,17,18)/t7-/m1/s1. The Morgan fingerprint density at radius 3 is 2.80 bits per heavy atom. The van der Waals surface area contributed by atoms with E-state index in [1.807, 2.05) is 0 Å². The fraction of sp³-hybridized carbons (Fsp3) is 0.333. The van der Waals surface area contributed by atoms with Crippen molar-refractivity contribution in [3.8, 4) is 5.88 Å². The van der Waals surface area contributed by atoms with Crippen molar-refractivity contribution in [1.82, 2.24) is 25.5 Å². The summed E-state index contributed by atoms with van der Waals surface area (Å²) in [5, 5.41) is 12.1. The number of nitrogens with one attached hydrogen (secondary N) is 3. The Morgan fingerprint density at radius 1 is 1.45 bits per heavy atom. The summed E-state index contributed by atoms with van der Waals surface area (Å²) < 4.78 is 4.94. The molecule has 1 atom stereocenters. The van der Waals surface area contributed by atoms with Gasteiger partial charge >= 0.3 is 6.03 Å². The summed E-state index contributed by atoms with van der Waals surface area (Å²) >= 11 is 0. The number of H-pyrrole nitrogens is 1. The second kappa shape index (κ2) is 6.00. The predicted octanol–water partition coefficient (Wildman–Crippen LogP) is 1.40. The van der Waals surface area contributed by atoms with Crippen LogP contribution in [-0.4, -0.2) is 33.3 Å². The molecule has 2 rings (SSSR count). The van der Waals surface area contributed by atoms with E-state index in [1.54, 1.807) is 26.0 Å². The van der Waals surface area contributed by atoms with Gasteiger partial charge in [-0.3, -0.25) is 5.10 Å². The number of methoxy groups -OCH3 is 1. The molecule has 0 radical (unpaired) electrons. The zero-order valence-corrected chi connectivity index (χ0v) is 11.5. The van der Waals surface area contributed by atoms with Gasteiger partial charge < -0.3 is 15.4 Å². The van der Waals surface area contributed by atoms with E-state index < -0.39 is 0 Å². The zero-order chi connectivity index (χ0) is 14.5. The highest BCUT2D eigenvalue weighted by atomic mass is 16.5. The molecule has 20 heavy (non-hydrogen) atoms. The molecule has 0 unspecified atom stereocenters. The first-order valence-corrected chi connectivity index (χ1v) is 6.05. The number of rotatable bonds is 4. The molecule has 0 bridgehead atoms. The molecular formula is C12H16N6O2. The molecule has 8 nitrogen and oxygen atoms in total. The van der Waals surface area contributed by atoms with Crippen molar-refractivity contribution in [1.29, 1.82) is 0 Å². The average Bonchev–Trinajstić information content (AvgIpc) is 2.86. The Kier molecular flexibility index (Phi) is 4.14. The van der Waals surface area contributed by atoms with Crippen LogP contribution >= 0.6 is 0 Å². The highest BCUT2D eigenvalue weighted by Gasteiger charge is 2.13. The number of urea groups is 1. The molecule has 0 aliphatic heterocycles. The van der Waals surface area contributed by atoms with Gasteiger partial charge in [-0.1, -0.05) is 0 Å². The lowest BCUT2D eigenvalue weighted by molar-refractivity contribution is 0.249. The second-order valence-electron chi connectivity index (χ2n) is 4.19. The summed E-state index contributed by atoms with van der Waals surface area (Å²) in [5.41, 5.74) is 0.571. The van der Waals surface area contributed by atoms with Crippen LogP contribution in [0.4, 0.5) is 10.5 Å². The number of aryl methyl sites for hydroxylation is 1. The summed E-state index contributed by atoms with van der Waals surface area (Å²) in [4.78, 5) is 20.0. The molecule has 0 spiro atoms. The molecule has 0 aliphatic carbocycles. The molecule has 3 N–H and O–H groups in total. The van der Waals surface area contributed by atoms with Crippen LogP contribution in [0.25, 0.3) is 0 Å². The maximum atomic E-state index is 11.8. The molecule has 0 aromatic carbocycles. The number of carbonyl (C=O) groups excluding carboxylic acids is 1. The van der Waals surface area contributed by atoms with Gasteiger partial charge in [0.1, 0.15) is 5.82 Å². The Morgan fingerprint density at radius 2 is 2.25 bits per heavy atom. The van der Waals surface area contributed by atoms with E-state index in [-0.39, 0.29) is 12.1 Å². The minimum atomic E-state index is -0.355. The number of anilines is 1. The first kappa shape index (κ1) is 13.8. The van der Waals surface area contributed by atoms with Gasteiger partial charge in [0.15, 0.2) is 5.82 Å². The first-order chi connectivity index (χ1) is 9.58. The second-order valence-corrected chi connectivity index (χ2v) is 4.19. The molecule has 2 aromatic rings. The number of nitrogens with zero attached hydrogens (tertiary/aromatic N) is 3. The Balaban J connectivity index is 1.91. The van der Waals surface area contributed by atoms with E-state index in [4.69, 9.17) is 4.74 Å². The number of hydrogen-bond acceptors (Lipinski definition) is 5. The molecule has 8 heteroatoms. The molecule has 0 aliphatic rings. The van der Waals surface area contributed by atoms with Gasteiger partial charge in [-0.15, -0.1) is 0 Å². The minimum absolute atomic E-state index is 0.300. The Labute approximate surface area is 116 Å². The largest absolute Gasteiger partial charge is 0.481 e. The van der Waals surface area contributed by atoms with Crippen LogP contribution in [0.2, 0.25) is 0 Å². The number of aromatic amines is 1. The third-order valence-electron chi connectivity index (χ3n) is 2.55. The van der Waals surface area contributed by atoms with E-state index in [9.17, 15) is 4.79 Å². The normalized spacial score (nSPS) is 11.8. The lowest BCUT2D eigenvalue weighted by atomic mass is 10.3. The Bertz CT molecular complexity index is 580. The molecule has 0 saturated heterocycles. The van der Waals surface area contributed by atoms with Crippen LogP contribution in [-0.2, 0) is 0 Å². The van der Waals surface area contributed by atoms with Crippen molar-refractivity contribution < 1.29 is 9.53 Å². The first-order valence-electron chi connectivity index (χ1n) is 6.05. The van der Waals surface area contributed by atoms with Crippen molar-refractivity contribution in [2.24, 2.45) is 0 Å². The molecule has 106 valence electrons. The highest BCUT2D eigenvalue weighted by molar-refractivity contribution is 5.89. The molecule has 0 fully saturated rings. The van der Waals surface area contributed by atoms with Crippen molar-refractivity contribution in [2.75, 3.05) is 12.4 Å². The van der Waals surface area contributed by atoms with Gasteiger partial charge in [0.05, 0.1) is 25.0 Å².